The van der Waals surface area contributed by atoms with Crippen LogP contribution in [0.3, 0.4) is 0 Å². The van der Waals surface area contributed by atoms with E-state index in [1.165, 1.54) is 30.5 Å². The molecule has 9 nitrogen and oxygen atoms in total. The Hall–Kier alpha value is -5.35. The molecule has 1 N–H and O–H groups in total. The molecule has 202 valence electrons. The van der Waals surface area contributed by atoms with Crippen molar-refractivity contribution in [3.8, 4) is 17.0 Å². The van der Waals surface area contributed by atoms with E-state index >= 15 is 0 Å². The topological polar surface area (TPSA) is 125 Å². The van der Waals surface area contributed by atoms with E-state index in [1.807, 2.05) is 54.6 Å². The van der Waals surface area contributed by atoms with Crippen molar-refractivity contribution in [1.82, 2.24) is 15.0 Å². The van der Waals surface area contributed by atoms with Crippen LogP contribution in [0.25, 0.3) is 37.9 Å². The maximum Gasteiger partial charge on any atom is 0.256 e. The van der Waals surface area contributed by atoms with Crippen LogP contribution in [0, 0.1) is 0 Å². The van der Waals surface area contributed by atoms with Crippen LogP contribution in [0.4, 0.5) is 11.5 Å². The Morgan fingerprint density at radius 1 is 0.805 bits per heavy atom. The zero-order valence-corrected chi connectivity index (χ0v) is 22.5. The molecule has 6 rings (SSSR count). The molecule has 0 aliphatic heterocycles. The molecule has 0 spiro atoms. The number of carbonyl (C=O) groups is 1. The number of fused-ring (bicyclic) bond motifs is 2. The van der Waals surface area contributed by atoms with E-state index in [1.54, 1.807) is 31.4 Å². The number of hydrogen-bond acceptors (Lipinski definition) is 7. The SMILES string of the molecule is COc1ccc(-c2cc(C(=O)Nc3ccc(S(=O)(=O)[N-]c4cnc5ccccc5n4)cc3)c3ccccc3n2)cc1. The monoisotopic (exact) mass is 560 g/mol. The highest BCUT2D eigenvalue weighted by molar-refractivity contribution is 7.94. The molecule has 1 amide bonds. The molecule has 0 saturated carbocycles. The first-order valence-corrected chi connectivity index (χ1v) is 14.0. The van der Waals surface area contributed by atoms with E-state index in [0.717, 1.165) is 11.3 Å². The number of benzene rings is 4. The highest BCUT2D eigenvalue weighted by atomic mass is 32.2. The standard InChI is InChI=1S/C31H23N5O4S/c1-40-22-14-10-20(11-15-22)29-18-25(24-6-2-3-7-26(24)34-29)31(37)33-21-12-16-23(17-13-21)41(38,39)36-30-19-32-27-8-4-5-9-28(27)35-30/h2-19H,1H3,(H2,33,35,36,37)/p-1. The molecule has 6 aromatic rings. The number of rotatable bonds is 7. The number of methoxy groups -OCH3 is 1. The van der Waals surface area contributed by atoms with Gasteiger partial charge in [-0.25, -0.2) is 13.4 Å². The minimum Gasteiger partial charge on any atom is -0.497 e. The van der Waals surface area contributed by atoms with Crippen LogP contribution >= 0.6 is 0 Å². The van der Waals surface area contributed by atoms with Crippen molar-refractivity contribution in [3.63, 3.8) is 0 Å². The lowest BCUT2D eigenvalue weighted by Gasteiger charge is -2.16. The minimum absolute atomic E-state index is 0.0155. The fraction of sp³-hybridized carbons (Fsp3) is 0.0323. The largest absolute Gasteiger partial charge is 0.497 e. The van der Waals surface area contributed by atoms with Gasteiger partial charge in [-0.05, 0) is 78.1 Å². The molecule has 4 aromatic carbocycles. The van der Waals surface area contributed by atoms with Gasteiger partial charge in [0.05, 0.1) is 34.3 Å². The third-order valence-corrected chi connectivity index (χ3v) is 7.70. The van der Waals surface area contributed by atoms with E-state index < -0.39 is 10.0 Å². The Kier molecular flexibility index (Phi) is 6.74. The van der Waals surface area contributed by atoms with Crippen LogP contribution < -0.4 is 10.1 Å². The Morgan fingerprint density at radius 3 is 2.22 bits per heavy atom. The number of ether oxygens (including phenoxy) is 1. The smallest absolute Gasteiger partial charge is 0.256 e. The fourth-order valence-electron chi connectivity index (χ4n) is 4.35. The zero-order chi connectivity index (χ0) is 28.4. The van der Waals surface area contributed by atoms with E-state index in [-0.39, 0.29) is 16.6 Å². The number of nitrogens with one attached hydrogen (secondary N) is 1. The van der Waals surface area contributed by atoms with E-state index in [4.69, 9.17) is 9.72 Å². The summed E-state index contributed by atoms with van der Waals surface area (Å²) < 4.78 is 34.9. The second kappa shape index (κ2) is 10.7. The van der Waals surface area contributed by atoms with Gasteiger partial charge in [0.2, 0.25) is 10.0 Å². The van der Waals surface area contributed by atoms with Gasteiger partial charge in [-0.2, -0.15) is 0 Å². The summed E-state index contributed by atoms with van der Waals surface area (Å²) in [4.78, 5) is 26.6. The first-order chi connectivity index (χ1) is 19.9. The lowest BCUT2D eigenvalue weighted by Crippen LogP contribution is -2.13. The first-order valence-electron chi connectivity index (χ1n) is 12.5. The summed E-state index contributed by atoms with van der Waals surface area (Å²) in [6, 6.07) is 29.5. The van der Waals surface area contributed by atoms with Crippen LogP contribution in [-0.2, 0) is 10.0 Å². The van der Waals surface area contributed by atoms with Gasteiger partial charge >= 0.3 is 0 Å². The van der Waals surface area contributed by atoms with E-state index in [2.05, 4.69) is 20.0 Å². The molecule has 0 atom stereocenters. The van der Waals surface area contributed by atoms with Gasteiger partial charge in [0.15, 0.2) is 0 Å². The number of sulfonamides is 1. The normalized spacial score (nSPS) is 11.3. The Balaban J connectivity index is 1.24. The summed E-state index contributed by atoms with van der Waals surface area (Å²) in [7, 11) is -2.46. The van der Waals surface area contributed by atoms with Crippen molar-refractivity contribution in [2.24, 2.45) is 0 Å². The highest BCUT2D eigenvalue weighted by Crippen LogP contribution is 2.29. The predicted molar refractivity (Wildman–Crippen MR) is 158 cm³/mol. The quantitative estimate of drug-likeness (QED) is 0.236. The van der Waals surface area contributed by atoms with Gasteiger partial charge in [0, 0.05) is 22.8 Å². The zero-order valence-electron chi connectivity index (χ0n) is 21.7. The first kappa shape index (κ1) is 25.9. The number of nitrogens with zero attached hydrogens (tertiary/aromatic N) is 4. The summed E-state index contributed by atoms with van der Waals surface area (Å²) in [5.41, 5.74) is 4.18. The number of carbonyl (C=O) groups excluding carboxylic acids is 1. The lowest BCUT2D eigenvalue weighted by molar-refractivity contribution is 0.102. The van der Waals surface area contributed by atoms with Gasteiger partial charge in [0.25, 0.3) is 5.91 Å². The molecule has 41 heavy (non-hydrogen) atoms. The molecule has 2 heterocycles. The van der Waals surface area contributed by atoms with Gasteiger partial charge in [0.1, 0.15) is 5.75 Å². The summed E-state index contributed by atoms with van der Waals surface area (Å²) >= 11 is 0. The van der Waals surface area contributed by atoms with Crippen LogP contribution in [-0.4, -0.2) is 36.4 Å². The summed E-state index contributed by atoms with van der Waals surface area (Å²) in [6.45, 7) is 0. The fourth-order valence-corrected chi connectivity index (χ4v) is 5.27. The molecule has 10 heteroatoms. The number of anilines is 1. The van der Waals surface area contributed by atoms with Gasteiger partial charge in [-0.1, -0.05) is 36.4 Å². The van der Waals surface area contributed by atoms with Gasteiger partial charge in [-0.15, -0.1) is 0 Å². The average Bonchev–Trinajstić information content (AvgIpc) is 3.00. The summed E-state index contributed by atoms with van der Waals surface area (Å²) in [5, 5.41) is 3.55. The summed E-state index contributed by atoms with van der Waals surface area (Å²) in [5.74, 6) is 0.347. The number of pyridine rings is 1. The second-order valence-corrected chi connectivity index (χ2v) is 10.7. The van der Waals surface area contributed by atoms with Crippen molar-refractivity contribution < 1.29 is 17.9 Å². The number of aromatic nitrogens is 3. The van der Waals surface area contributed by atoms with Crippen LogP contribution in [0.15, 0.2) is 114 Å². The molecular weight excluding hydrogens is 538 g/mol. The number of hydrogen-bond donors (Lipinski definition) is 1. The molecule has 0 bridgehead atoms. The highest BCUT2D eigenvalue weighted by Gasteiger charge is 2.16. The van der Waals surface area contributed by atoms with Gasteiger partial charge in [-0.3, -0.25) is 9.78 Å². The third kappa shape index (κ3) is 5.41. The molecule has 0 aliphatic carbocycles. The third-order valence-electron chi connectivity index (χ3n) is 6.41. The number of amides is 1. The Labute approximate surface area is 235 Å². The van der Waals surface area contributed by atoms with Gasteiger partial charge < -0.3 is 19.8 Å². The van der Waals surface area contributed by atoms with Crippen LogP contribution in [0.5, 0.6) is 5.75 Å². The summed E-state index contributed by atoms with van der Waals surface area (Å²) in [6.07, 6.45) is 1.31. The van der Waals surface area contributed by atoms with Crippen molar-refractivity contribution in [2.75, 3.05) is 12.4 Å². The van der Waals surface area contributed by atoms with Crippen molar-refractivity contribution in [3.05, 3.63) is 120 Å². The van der Waals surface area contributed by atoms with Crippen molar-refractivity contribution in [1.29, 1.82) is 0 Å². The van der Waals surface area contributed by atoms with Crippen LogP contribution in [0.1, 0.15) is 10.4 Å². The second-order valence-electron chi connectivity index (χ2n) is 9.06. The average molecular weight is 561 g/mol. The Morgan fingerprint density at radius 2 is 1.49 bits per heavy atom. The Bertz CT molecular complexity index is 2010. The predicted octanol–water partition coefficient (Wildman–Crippen LogP) is 6.50. The van der Waals surface area contributed by atoms with E-state index in [9.17, 15) is 13.2 Å². The molecule has 0 aliphatic rings. The molecule has 0 saturated heterocycles. The molecular formula is C31H22N5O4S-. The lowest BCUT2D eigenvalue weighted by atomic mass is 10.0. The molecule has 0 unspecified atom stereocenters. The molecule has 2 aromatic heterocycles. The molecule has 0 radical (unpaired) electrons. The van der Waals surface area contributed by atoms with Crippen molar-refractivity contribution >= 4 is 49.4 Å². The van der Waals surface area contributed by atoms with Crippen LogP contribution in [0.2, 0.25) is 0 Å². The minimum atomic E-state index is -4.06. The number of para-hydroxylation sites is 3. The van der Waals surface area contributed by atoms with Crippen molar-refractivity contribution in [2.45, 2.75) is 4.90 Å². The maximum atomic E-state index is 13.4. The maximum absolute atomic E-state index is 13.4. The molecule has 0 fully saturated rings. The van der Waals surface area contributed by atoms with E-state index in [0.29, 0.717) is 38.9 Å².